The van der Waals surface area contributed by atoms with Crippen LogP contribution in [0.2, 0.25) is 0 Å². The molecular formula is C95H136AcF4O5. The smallest absolute Gasteiger partial charge is 0.158 e. The van der Waals surface area contributed by atoms with E-state index < -0.39 is 6.61 Å². The molecule has 0 aromatic heterocycles. The Hall–Kier alpha value is -2.61. The predicted molar refractivity (Wildman–Crippen MR) is 416 cm³/mol. The zero-order chi connectivity index (χ0) is 74.9. The molecule has 11 fully saturated rings. The van der Waals surface area contributed by atoms with Crippen LogP contribution in [0, 0.1) is 189 Å². The van der Waals surface area contributed by atoms with Gasteiger partial charge in [-0.3, -0.25) is 4.79 Å². The normalized spacial score (nSPS) is 47.6. The first-order valence-corrected chi connectivity index (χ1v) is 42.2. The molecule has 10 heteroatoms. The van der Waals surface area contributed by atoms with Crippen LogP contribution in [-0.2, 0) is 4.79 Å². The zero-order valence-corrected chi connectivity index (χ0v) is 72.5. The van der Waals surface area contributed by atoms with E-state index in [0.29, 0.717) is 88.5 Å². The summed E-state index contributed by atoms with van der Waals surface area (Å²) in [7, 11) is 0. The van der Waals surface area contributed by atoms with Gasteiger partial charge in [0.15, 0.2) is 5.78 Å². The van der Waals surface area contributed by atoms with E-state index in [-0.39, 0.29) is 135 Å². The van der Waals surface area contributed by atoms with Crippen molar-refractivity contribution in [2.75, 3.05) is 6.61 Å². The van der Waals surface area contributed by atoms with Crippen molar-refractivity contribution >= 4 is 5.78 Å². The fourth-order valence-electron chi connectivity index (χ4n) is 29.5. The first-order chi connectivity index (χ1) is 49.0. The number of aryl methyl sites for hydroxylation is 1. The van der Waals surface area contributed by atoms with Crippen LogP contribution in [0.1, 0.15) is 283 Å². The topological polar surface area (TPSA) is 98.0 Å². The zero-order valence-electron chi connectivity index (χ0n) is 67.8. The number of aliphatic hydroxyl groups excluding tert-OH is 4. The molecule has 0 bridgehead atoms. The van der Waals surface area contributed by atoms with Crippen molar-refractivity contribution in [2.45, 2.75) is 296 Å². The van der Waals surface area contributed by atoms with E-state index in [1.54, 1.807) is 20.8 Å². The number of ketones is 1. The minimum atomic E-state index is -0.442. The molecule has 0 heterocycles. The standard InChI is InChI=1S/C22H33FO2.C22H33FO.2C22H31FO.C7H8.Ac/c1-13-11-22(3)14(10-20(13)25)4-5-15-16-6-7-18(19(23)12-24)21(16,2)9-8-17(15)22;3*1-13-12-22(4)15(11-20(13)24)5-6-16-18-8-7-17(14(2)23)21(18,3)10-9-19(16)22;1-7-5-3-2-4-6-7;/h4,13,15-17,20,24-25H,5-12H2,1-3H3;5,13,16,18-20,24H,6-12H2,1-4H3;11,13,16,18-19H,5-10,12H2,1-4H3;5,11,13,16,18-19,24H,6-10,12H2,1-4H3;2-6H,1H3;/t13-,15?,16?,17?,20?,21?,22?;13-,16?,18?,19?,20-,21-,22+;13-,16?,18?,19?,21-,22+;13-,16?,18?,19?,21?,22?;;/m1111../s1. The van der Waals surface area contributed by atoms with Gasteiger partial charge < -0.3 is 20.4 Å². The fourth-order valence-corrected chi connectivity index (χ4v) is 29.5. The maximum atomic E-state index is 14.3. The summed E-state index contributed by atoms with van der Waals surface area (Å²) < 4.78 is 56.7. The molecule has 26 atom stereocenters. The Morgan fingerprint density at radius 1 is 0.438 bits per heavy atom. The van der Waals surface area contributed by atoms with Crippen molar-refractivity contribution in [3.05, 3.63) is 140 Å². The van der Waals surface area contributed by atoms with E-state index in [1.807, 2.05) is 30.4 Å². The number of aliphatic hydroxyl groups is 4. The summed E-state index contributed by atoms with van der Waals surface area (Å²) in [5.74, 6) is 9.97. The molecule has 0 spiro atoms. The second-order valence-electron chi connectivity index (χ2n) is 40.0. The molecule has 17 rings (SSSR count). The molecule has 105 heavy (non-hydrogen) atoms. The summed E-state index contributed by atoms with van der Waals surface area (Å²) in [6.45, 7) is 34.3. The van der Waals surface area contributed by atoms with Crippen LogP contribution >= 0.6 is 0 Å². The van der Waals surface area contributed by atoms with Crippen molar-refractivity contribution < 1.29 is 86.8 Å². The SMILES string of the molecule is CC(F)=C1CCC2C3CC=C4C=C(O)[C@H](C)CC4(C)C3CCC12C.CC(F)=C1CCC2C3CC=C4C[C@@H](O)[C@H](C)C[C@]4(C)C3CC[C@]12C.CC(F)=C1CCC2C3CCC4=CC(=O)[C@H](C)C[C@]4(C)C3CC[C@]12C.C[C@@H]1CC2(C)C(=CCC3C2CCC2(C)C(=C(F)CO)CCC32)CC1O.Cc1ccccc1.[Ac]. The minimum Gasteiger partial charge on any atom is -0.512 e. The summed E-state index contributed by atoms with van der Waals surface area (Å²) in [4.78, 5) is 12.2. The molecule has 0 amide bonds. The molecule has 17 unspecified atom stereocenters. The molecular weight excluding hydrogens is 1520 g/mol. The van der Waals surface area contributed by atoms with Gasteiger partial charge in [-0.25, -0.2) is 17.6 Å². The van der Waals surface area contributed by atoms with Gasteiger partial charge in [-0.05, 0) is 367 Å². The Bertz CT molecular complexity index is 3730. The molecule has 16 aliphatic carbocycles. The second-order valence-corrected chi connectivity index (χ2v) is 40.0. The Balaban J connectivity index is 0.000000127. The number of benzene rings is 1. The molecule has 0 saturated heterocycles. The van der Waals surface area contributed by atoms with Gasteiger partial charge in [-0.1, -0.05) is 154 Å². The molecule has 16 aliphatic rings. The number of rotatable bonds is 1. The van der Waals surface area contributed by atoms with E-state index >= 15 is 0 Å². The maximum absolute atomic E-state index is 14.3. The second kappa shape index (κ2) is 30.7. The van der Waals surface area contributed by atoms with Gasteiger partial charge in [0.05, 0.1) is 42.1 Å². The van der Waals surface area contributed by atoms with Crippen molar-refractivity contribution in [1.82, 2.24) is 0 Å². The summed E-state index contributed by atoms with van der Waals surface area (Å²) >= 11 is 0. The quantitative estimate of drug-likeness (QED) is 0.166. The van der Waals surface area contributed by atoms with Gasteiger partial charge in [0.2, 0.25) is 0 Å². The number of hydrogen-bond acceptors (Lipinski definition) is 5. The third-order valence-electron chi connectivity index (χ3n) is 35.0. The molecule has 577 valence electrons. The van der Waals surface area contributed by atoms with Crippen LogP contribution in [0.4, 0.5) is 17.6 Å². The third-order valence-corrected chi connectivity index (χ3v) is 35.0. The van der Waals surface area contributed by atoms with E-state index in [1.165, 1.54) is 60.0 Å². The monoisotopic (exact) mass is 1660 g/mol. The molecule has 1 aromatic rings. The van der Waals surface area contributed by atoms with Crippen LogP contribution < -0.4 is 0 Å². The first-order valence-electron chi connectivity index (χ1n) is 42.2. The molecule has 11 saturated carbocycles. The number of carbonyl (C=O) groups is 1. The Morgan fingerprint density at radius 2 is 0.800 bits per heavy atom. The van der Waals surface area contributed by atoms with E-state index in [4.69, 9.17) is 0 Å². The summed E-state index contributed by atoms with van der Waals surface area (Å²) in [5.41, 5.74) is 12.4. The van der Waals surface area contributed by atoms with Gasteiger partial charge in [0, 0.05) is 55.9 Å². The Labute approximate surface area is 668 Å². The van der Waals surface area contributed by atoms with Gasteiger partial charge in [-0.2, -0.15) is 0 Å². The number of halogens is 4. The van der Waals surface area contributed by atoms with Gasteiger partial charge in [0.1, 0.15) is 5.83 Å². The largest absolute Gasteiger partial charge is 0.512 e. The average Bonchev–Trinajstić information content (AvgIpc) is 1.72. The average molecular weight is 1660 g/mol. The molecule has 5 nitrogen and oxygen atoms in total. The molecule has 1 radical (unpaired) electrons. The fraction of sp³-hybridized carbons (Fsp3) is 0.737. The third kappa shape index (κ3) is 14.0. The number of fused-ring (bicyclic) bond motifs is 20. The van der Waals surface area contributed by atoms with Crippen LogP contribution in [0.5, 0.6) is 0 Å². The van der Waals surface area contributed by atoms with E-state index in [2.05, 4.69) is 120 Å². The Kier molecular flexibility index (Phi) is 23.9. The van der Waals surface area contributed by atoms with Gasteiger partial charge in [0.25, 0.3) is 0 Å². The molecule has 1 aromatic carbocycles. The van der Waals surface area contributed by atoms with Gasteiger partial charge in [-0.15, -0.1) is 0 Å². The summed E-state index contributed by atoms with van der Waals surface area (Å²) in [5, 5.41) is 40.2. The maximum Gasteiger partial charge on any atom is 0.158 e. The van der Waals surface area contributed by atoms with Gasteiger partial charge >= 0.3 is 0 Å². The number of allylic oxidation sites excluding steroid dienone is 14. The van der Waals surface area contributed by atoms with Crippen LogP contribution in [0.15, 0.2) is 134 Å². The van der Waals surface area contributed by atoms with Crippen molar-refractivity contribution in [3.8, 4) is 0 Å². The Morgan fingerprint density at radius 3 is 1.21 bits per heavy atom. The van der Waals surface area contributed by atoms with Crippen molar-refractivity contribution in [2.24, 2.45) is 138 Å². The van der Waals surface area contributed by atoms with Crippen molar-refractivity contribution in [1.29, 1.82) is 0 Å². The summed E-state index contributed by atoms with van der Waals surface area (Å²) in [6, 6.07) is 10.3. The predicted octanol–water partition coefficient (Wildman–Crippen LogP) is 25.1. The van der Waals surface area contributed by atoms with Crippen LogP contribution in [0.3, 0.4) is 0 Å². The minimum absolute atomic E-state index is 0. The molecule has 4 N–H and O–H groups in total. The summed E-state index contributed by atoms with van der Waals surface area (Å²) in [6.07, 6.45) is 40.0. The molecule has 0 aliphatic heterocycles. The van der Waals surface area contributed by atoms with E-state index in [9.17, 15) is 42.8 Å². The number of hydrogen-bond donors (Lipinski definition) is 4. The van der Waals surface area contributed by atoms with E-state index in [0.717, 1.165) is 169 Å². The number of carbonyl (C=O) groups excluding carboxylic acids is 1. The van der Waals surface area contributed by atoms with Crippen LogP contribution in [0.25, 0.3) is 0 Å². The van der Waals surface area contributed by atoms with Crippen LogP contribution in [-0.4, -0.2) is 45.0 Å². The first kappa shape index (κ1) is 81.9. The van der Waals surface area contributed by atoms with Crippen molar-refractivity contribution in [3.63, 3.8) is 0 Å².